The van der Waals surface area contributed by atoms with Gasteiger partial charge in [-0.25, -0.2) is 0 Å². The first kappa shape index (κ1) is 15.3. The van der Waals surface area contributed by atoms with Crippen LogP contribution < -0.4 is 5.32 Å². The third kappa shape index (κ3) is 2.33. The molecular formula is C16H28N2O2. The average molecular weight is 280 g/mol. The van der Waals surface area contributed by atoms with Crippen molar-refractivity contribution in [2.24, 2.45) is 5.92 Å². The average Bonchev–Trinajstić information content (AvgIpc) is 2.93. The number of hydrogen-bond donors (Lipinski definition) is 1. The molecule has 1 unspecified atom stereocenters. The van der Waals surface area contributed by atoms with E-state index in [-0.39, 0.29) is 29.8 Å². The van der Waals surface area contributed by atoms with Gasteiger partial charge in [0, 0.05) is 6.04 Å². The standard InChI is InChI=1S/C16H28N2O2/c1-5-16(6-2)15(20)18(12-9-7-8-10-12)13(11(3)4)14(19)17-16/h11-13H,5-10H2,1-4H3,(H,17,19). The Balaban J connectivity index is 2.38. The maximum atomic E-state index is 13.1. The quantitative estimate of drug-likeness (QED) is 0.860. The summed E-state index contributed by atoms with van der Waals surface area (Å²) in [6.45, 7) is 8.04. The number of carbonyl (C=O) groups is 2. The van der Waals surface area contributed by atoms with Crippen molar-refractivity contribution in [2.45, 2.75) is 83.8 Å². The molecule has 0 bridgehead atoms. The highest BCUT2D eigenvalue weighted by Gasteiger charge is 2.51. The fourth-order valence-corrected chi connectivity index (χ4v) is 3.79. The van der Waals surface area contributed by atoms with Crippen LogP contribution in [0.25, 0.3) is 0 Å². The van der Waals surface area contributed by atoms with E-state index in [1.54, 1.807) is 0 Å². The lowest BCUT2D eigenvalue weighted by Crippen LogP contribution is -2.72. The molecule has 2 amide bonds. The lowest BCUT2D eigenvalue weighted by molar-refractivity contribution is -0.160. The number of nitrogens with zero attached hydrogens (tertiary/aromatic N) is 1. The zero-order valence-corrected chi connectivity index (χ0v) is 13.2. The number of piperazine rings is 1. The highest BCUT2D eigenvalue weighted by Crippen LogP contribution is 2.34. The first-order valence-corrected chi connectivity index (χ1v) is 8.11. The SMILES string of the molecule is CCC1(CC)NC(=O)C(C(C)C)N(C2CCCC2)C1=O. The van der Waals surface area contributed by atoms with Crippen LogP contribution in [0.4, 0.5) is 0 Å². The summed E-state index contributed by atoms with van der Waals surface area (Å²) in [5.74, 6) is 0.342. The van der Waals surface area contributed by atoms with Crippen LogP contribution in [0.2, 0.25) is 0 Å². The van der Waals surface area contributed by atoms with Gasteiger partial charge in [-0.2, -0.15) is 0 Å². The molecule has 2 rings (SSSR count). The van der Waals surface area contributed by atoms with Crippen LogP contribution >= 0.6 is 0 Å². The second-order valence-electron chi connectivity index (χ2n) is 6.62. The molecular weight excluding hydrogens is 252 g/mol. The van der Waals surface area contributed by atoms with Crippen LogP contribution in [-0.4, -0.2) is 34.3 Å². The minimum absolute atomic E-state index is 0.0372. The molecule has 4 nitrogen and oxygen atoms in total. The van der Waals surface area contributed by atoms with Crippen molar-refractivity contribution >= 4 is 11.8 Å². The monoisotopic (exact) mass is 280 g/mol. The summed E-state index contributed by atoms with van der Waals surface area (Å²) in [7, 11) is 0. The lowest BCUT2D eigenvalue weighted by atomic mass is 9.83. The molecule has 1 saturated heterocycles. The van der Waals surface area contributed by atoms with E-state index < -0.39 is 5.54 Å². The van der Waals surface area contributed by atoms with Gasteiger partial charge in [-0.15, -0.1) is 0 Å². The van der Waals surface area contributed by atoms with Gasteiger partial charge in [-0.05, 0) is 31.6 Å². The first-order valence-electron chi connectivity index (χ1n) is 8.11. The van der Waals surface area contributed by atoms with E-state index >= 15 is 0 Å². The highest BCUT2D eigenvalue weighted by molar-refractivity contribution is 6.00. The fraction of sp³-hybridized carbons (Fsp3) is 0.875. The maximum absolute atomic E-state index is 13.1. The molecule has 2 fully saturated rings. The molecule has 1 aliphatic heterocycles. The molecule has 1 aliphatic carbocycles. The van der Waals surface area contributed by atoms with Crippen molar-refractivity contribution in [3.8, 4) is 0 Å². The summed E-state index contributed by atoms with van der Waals surface area (Å²) in [5, 5.41) is 3.03. The van der Waals surface area contributed by atoms with Crippen molar-refractivity contribution in [3.05, 3.63) is 0 Å². The second-order valence-corrected chi connectivity index (χ2v) is 6.62. The van der Waals surface area contributed by atoms with E-state index in [9.17, 15) is 9.59 Å². The van der Waals surface area contributed by atoms with Gasteiger partial charge in [0.25, 0.3) is 0 Å². The predicted molar refractivity (Wildman–Crippen MR) is 79.2 cm³/mol. The van der Waals surface area contributed by atoms with Gasteiger partial charge in [0.15, 0.2) is 0 Å². The van der Waals surface area contributed by atoms with Crippen molar-refractivity contribution in [2.75, 3.05) is 0 Å². The molecule has 1 heterocycles. The summed E-state index contributed by atoms with van der Waals surface area (Å²) in [6, 6.07) is -0.0322. The van der Waals surface area contributed by atoms with Gasteiger partial charge in [0.05, 0.1) is 0 Å². The molecule has 4 heteroatoms. The Labute approximate surface area is 122 Å². The molecule has 20 heavy (non-hydrogen) atoms. The topological polar surface area (TPSA) is 49.4 Å². The Morgan fingerprint density at radius 2 is 1.75 bits per heavy atom. The predicted octanol–water partition coefficient (Wildman–Crippen LogP) is 2.47. The van der Waals surface area contributed by atoms with E-state index in [1.165, 1.54) is 12.8 Å². The fourth-order valence-electron chi connectivity index (χ4n) is 3.79. The van der Waals surface area contributed by atoms with Crippen molar-refractivity contribution in [3.63, 3.8) is 0 Å². The van der Waals surface area contributed by atoms with Gasteiger partial charge in [-0.3, -0.25) is 9.59 Å². The molecule has 0 spiro atoms. The van der Waals surface area contributed by atoms with E-state index in [2.05, 4.69) is 5.32 Å². The van der Waals surface area contributed by atoms with Gasteiger partial charge in [0.2, 0.25) is 11.8 Å². The number of amides is 2. The van der Waals surface area contributed by atoms with Crippen LogP contribution in [0.15, 0.2) is 0 Å². The van der Waals surface area contributed by atoms with E-state index in [1.807, 2.05) is 32.6 Å². The van der Waals surface area contributed by atoms with Crippen LogP contribution in [0.5, 0.6) is 0 Å². The molecule has 1 N–H and O–H groups in total. The van der Waals surface area contributed by atoms with Crippen LogP contribution in [0, 0.1) is 5.92 Å². The minimum Gasteiger partial charge on any atom is -0.340 e. The zero-order valence-electron chi connectivity index (χ0n) is 13.2. The van der Waals surface area contributed by atoms with Crippen LogP contribution in [0.1, 0.15) is 66.2 Å². The smallest absolute Gasteiger partial charge is 0.249 e. The minimum atomic E-state index is -0.676. The van der Waals surface area contributed by atoms with Gasteiger partial charge >= 0.3 is 0 Å². The third-order valence-electron chi connectivity index (χ3n) is 5.13. The Hall–Kier alpha value is -1.06. The summed E-state index contributed by atoms with van der Waals surface area (Å²) < 4.78 is 0. The van der Waals surface area contributed by atoms with E-state index in [0.717, 1.165) is 12.8 Å². The van der Waals surface area contributed by atoms with Crippen molar-refractivity contribution in [1.29, 1.82) is 0 Å². The third-order valence-corrected chi connectivity index (χ3v) is 5.13. The normalized spacial score (nSPS) is 27.2. The van der Waals surface area contributed by atoms with Crippen LogP contribution in [-0.2, 0) is 9.59 Å². The number of nitrogens with one attached hydrogen (secondary N) is 1. The highest BCUT2D eigenvalue weighted by atomic mass is 16.2. The molecule has 114 valence electrons. The maximum Gasteiger partial charge on any atom is 0.249 e. The Bertz CT molecular complexity index is 382. The van der Waals surface area contributed by atoms with Crippen molar-refractivity contribution in [1.82, 2.24) is 10.2 Å². The summed E-state index contributed by atoms with van der Waals surface area (Å²) in [6.07, 6.45) is 5.78. The molecule has 0 aromatic heterocycles. The number of carbonyl (C=O) groups excluding carboxylic acids is 2. The summed E-state index contributed by atoms with van der Waals surface area (Å²) in [4.78, 5) is 27.6. The van der Waals surface area contributed by atoms with Gasteiger partial charge in [0.1, 0.15) is 11.6 Å². The summed E-state index contributed by atoms with van der Waals surface area (Å²) in [5.41, 5.74) is -0.676. The molecule has 0 aromatic rings. The van der Waals surface area contributed by atoms with Gasteiger partial charge < -0.3 is 10.2 Å². The van der Waals surface area contributed by atoms with E-state index in [0.29, 0.717) is 12.8 Å². The first-order chi connectivity index (χ1) is 9.46. The van der Waals surface area contributed by atoms with E-state index in [4.69, 9.17) is 0 Å². The largest absolute Gasteiger partial charge is 0.340 e. The number of hydrogen-bond acceptors (Lipinski definition) is 2. The Kier molecular flexibility index (Phi) is 4.40. The number of rotatable bonds is 4. The zero-order chi connectivity index (χ0) is 14.9. The summed E-state index contributed by atoms with van der Waals surface area (Å²) >= 11 is 0. The lowest BCUT2D eigenvalue weighted by Gasteiger charge is -2.49. The molecule has 1 saturated carbocycles. The molecule has 0 aromatic carbocycles. The second kappa shape index (κ2) is 5.74. The molecule has 0 radical (unpaired) electrons. The Morgan fingerprint density at radius 1 is 1.20 bits per heavy atom. The molecule has 2 aliphatic rings. The Morgan fingerprint density at radius 3 is 2.20 bits per heavy atom. The van der Waals surface area contributed by atoms with Gasteiger partial charge in [-0.1, -0.05) is 40.5 Å². The molecule has 1 atom stereocenters. The van der Waals surface area contributed by atoms with Crippen molar-refractivity contribution < 1.29 is 9.59 Å². The van der Waals surface area contributed by atoms with Crippen LogP contribution in [0.3, 0.4) is 0 Å².